The van der Waals surface area contributed by atoms with Crippen LogP contribution in [0.15, 0.2) is 47.6 Å². The summed E-state index contributed by atoms with van der Waals surface area (Å²) in [5.41, 5.74) is 1.49. The summed E-state index contributed by atoms with van der Waals surface area (Å²) in [7, 11) is 3.82. The van der Waals surface area contributed by atoms with Crippen LogP contribution in [0.2, 0.25) is 0 Å². The standard InChI is InChI=1S/C43H60N4O9/c1-10-34-43(7)40-27(5)36(44-17-18-47(40)42(51)56-43)26(4)38(52-19-13-14-29-21-30-15-11-12-16-31(30)45-23-29)28(6)39(25(3)33(48)22-35(49)54-34)55-41-37(50)32(46(8)9)20-24(2)53-41/h11-16,21,23-28,32,34,37-41,50H,10,17-20,22H2,1-9H3/b14-13+/t24-,25+,26+,27-,28-,32+,34+,37-,38+,39-,40?,41+,43-/m1/s1. The number of fused-ring (bicyclic) bond motifs is 2. The van der Waals surface area contributed by atoms with Crippen molar-refractivity contribution >= 4 is 40.5 Å². The van der Waals surface area contributed by atoms with E-state index >= 15 is 0 Å². The molecule has 2 bridgehead atoms. The van der Waals surface area contributed by atoms with Gasteiger partial charge in [-0.15, -0.1) is 0 Å². The molecule has 5 heterocycles. The fraction of sp³-hybridized carbons (Fsp3) is 0.651. The normalized spacial score (nSPS) is 37.3. The van der Waals surface area contributed by atoms with Crippen LogP contribution in [0.3, 0.4) is 0 Å². The first-order valence-corrected chi connectivity index (χ1v) is 20.2. The number of aliphatic hydroxyl groups is 1. The molecule has 1 aromatic heterocycles. The molecule has 0 spiro atoms. The molecule has 13 atom stereocenters. The number of aliphatic imine (C=N–C) groups is 1. The van der Waals surface area contributed by atoms with E-state index in [0.717, 1.165) is 22.2 Å². The van der Waals surface area contributed by atoms with Crippen LogP contribution in [-0.2, 0) is 33.3 Å². The number of carbonyl (C=O) groups excluding carboxylic acids is 3. The monoisotopic (exact) mass is 776 g/mol. The number of aliphatic hydroxyl groups excluding tert-OH is 1. The number of benzene rings is 1. The lowest BCUT2D eigenvalue weighted by molar-refractivity contribution is -0.281. The Balaban J connectivity index is 1.39. The molecule has 2 aromatic rings. The predicted molar refractivity (Wildman–Crippen MR) is 212 cm³/mol. The Morgan fingerprint density at radius 1 is 1.05 bits per heavy atom. The zero-order valence-electron chi connectivity index (χ0n) is 34.3. The average Bonchev–Trinajstić information content (AvgIpc) is 3.29. The zero-order valence-corrected chi connectivity index (χ0v) is 34.3. The average molecular weight is 777 g/mol. The minimum Gasteiger partial charge on any atom is -0.458 e. The number of nitrogens with zero attached hydrogens (tertiary/aromatic N) is 4. The number of hydrogen-bond donors (Lipinski definition) is 1. The van der Waals surface area contributed by atoms with Crippen LogP contribution >= 0.6 is 0 Å². The van der Waals surface area contributed by atoms with E-state index in [2.05, 4.69) is 18.0 Å². The highest BCUT2D eigenvalue weighted by Crippen LogP contribution is 2.43. The van der Waals surface area contributed by atoms with Crippen molar-refractivity contribution in [3.05, 3.63) is 48.2 Å². The maximum atomic E-state index is 14.1. The second-order valence-electron chi connectivity index (χ2n) is 16.6. The number of ether oxygens (including phenoxy) is 5. The molecule has 3 saturated heterocycles. The molecule has 0 radical (unpaired) electrons. The summed E-state index contributed by atoms with van der Waals surface area (Å²) in [5.74, 6) is -3.00. The molecule has 13 heteroatoms. The summed E-state index contributed by atoms with van der Waals surface area (Å²) >= 11 is 0. The van der Waals surface area contributed by atoms with Crippen molar-refractivity contribution in [2.24, 2.45) is 28.7 Å². The highest BCUT2D eigenvalue weighted by atomic mass is 16.7. The summed E-state index contributed by atoms with van der Waals surface area (Å²) < 4.78 is 32.0. The second-order valence-corrected chi connectivity index (χ2v) is 16.6. The number of para-hydroxylation sites is 1. The summed E-state index contributed by atoms with van der Waals surface area (Å²) in [4.78, 5) is 54.6. The van der Waals surface area contributed by atoms with E-state index in [0.29, 0.717) is 25.9 Å². The molecule has 13 nitrogen and oxygen atoms in total. The van der Waals surface area contributed by atoms with Gasteiger partial charge in [0.2, 0.25) is 0 Å². The number of cyclic esters (lactones) is 1. The molecule has 56 heavy (non-hydrogen) atoms. The van der Waals surface area contributed by atoms with Gasteiger partial charge in [0.1, 0.15) is 24.4 Å². The van der Waals surface area contributed by atoms with E-state index in [-0.39, 0.29) is 36.4 Å². The third kappa shape index (κ3) is 8.43. The highest BCUT2D eigenvalue weighted by molar-refractivity contribution is 5.97. The molecule has 4 aliphatic heterocycles. The van der Waals surface area contributed by atoms with Crippen LogP contribution < -0.4 is 0 Å². The van der Waals surface area contributed by atoms with E-state index in [1.54, 1.807) is 11.8 Å². The van der Waals surface area contributed by atoms with Gasteiger partial charge in [-0.1, -0.05) is 65.0 Å². The second kappa shape index (κ2) is 17.4. The smallest absolute Gasteiger partial charge is 0.410 e. The fourth-order valence-electron chi connectivity index (χ4n) is 9.57. The van der Waals surface area contributed by atoms with E-state index in [4.69, 9.17) is 28.7 Å². The Morgan fingerprint density at radius 3 is 2.54 bits per heavy atom. The maximum Gasteiger partial charge on any atom is 0.410 e. The number of esters is 1. The van der Waals surface area contributed by atoms with Crippen molar-refractivity contribution in [3.63, 3.8) is 0 Å². The quantitative estimate of drug-likeness (QED) is 0.275. The highest BCUT2D eigenvalue weighted by Gasteiger charge is 2.60. The molecular weight excluding hydrogens is 716 g/mol. The first-order chi connectivity index (χ1) is 26.6. The molecule has 1 unspecified atom stereocenters. The molecule has 4 aliphatic rings. The van der Waals surface area contributed by atoms with Crippen LogP contribution in [0, 0.1) is 23.7 Å². The van der Waals surface area contributed by atoms with Gasteiger partial charge in [-0.05, 0) is 58.5 Å². The minimum absolute atomic E-state index is 0.216. The Bertz CT molecular complexity index is 1800. The van der Waals surface area contributed by atoms with Crippen molar-refractivity contribution in [1.82, 2.24) is 14.8 Å². The fourth-order valence-corrected chi connectivity index (χ4v) is 9.57. The molecule has 3 fully saturated rings. The molecule has 1 N–H and O–H groups in total. The predicted octanol–water partition coefficient (Wildman–Crippen LogP) is 5.32. The largest absolute Gasteiger partial charge is 0.458 e. The number of carbonyl (C=O) groups is 3. The summed E-state index contributed by atoms with van der Waals surface area (Å²) in [5, 5.41) is 12.6. The number of ketones is 1. The molecular formula is C43H60N4O9. The van der Waals surface area contributed by atoms with Crippen LogP contribution in [0.25, 0.3) is 17.0 Å². The van der Waals surface area contributed by atoms with Gasteiger partial charge >= 0.3 is 12.1 Å². The number of Topliss-reactive ketones (excluding diaryl/α,β-unsaturated/α-hetero) is 1. The molecule has 1 amide bonds. The number of pyridine rings is 1. The van der Waals surface area contributed by atoms with Gasteiger partial charge in [-0.2, -0.15) is 0 Å². The topological polar surface area (TPSA) is 149 Å². The number of rotatable bonds is 8. The maximum absolute atomic E-state index is 14.1. The Labute approximate surface area is 330 Å². The van der Waals surface area contributed by atoms with Gasteiger partial charge in [-0.25, -0.2) is 4.79 Å². The third-order valence-electron chi connectivity index (χ3n) is 12.5. The summed E-state index contributed by atoms with van der Waals surface area (Å²) in [6.45, 7) is 14.4. The van der Waals surface area contributed by atoms with Crippen molar-refractivity contribution in [1.29, 1.82) is 0 Å². The lowest BCUT2D eigenvalue weighted by Crippen LogP contribution is -2.58. The third-order valence-corrected chi connectivity index (χ3v) is 12.5. The summed E-state index contributed by atoms with van der Waals surface area (Å²) in [6.07, 6.45) is 1.28. The van der Waals surface area contributed by atoms with Crippen LogP contribution in [0.5, 0.6) is 0 Å². The first kappa shape index (κ1) is 41.9. The van der Waals surface area contributed by atoms with Gasteiger partial charge in [0, 0.05) is 53.6 Å². The molecule has 0 aliphatic carbocycles. The van der Waals surface area contributed by atoms with E-state index in [9.17, 15) is 19.5 Å². The van der Waals surface area contributed by atoms with Gasteiger partial charge in [0.25, 0.3) is 0 Å². The number of amides is 1. The van der Waals surface area contributed by atoms with Crippen LogP contribution in [0.1, 0.15) is 73.3 Å². The Morgan fingerprint density at radius 2 is 1.80 bits per heavy atom. The van der Waals surface area contributed by atoms with Crippen LogP contribution in [-0.4, -0.2) is 132 Å². The lowest BCUT2D eigenvalue weighted by atomic mass is 9.73. The van der Waals surface area contributed by atoms with Gasteiger partial charge in [0.05, 0.1) is 43.0 Å². The van der Waals surface area contributed by atoms with Crippen molar-refractivity contribution in [3.8, 4) is 0 Å². The SMILES string of the molecule is CC[C@@H]1OC(=O)CC(=O)[C@H](C)[C@@H](O[C@@H]2O[C@H](C)C[C@H](N(C)C)[C@H]2O)[C@H](C)[C@@H](OC/C=C/c2cnc3ccccc3c2)[C@@H](C)C2=NCCN3C(=O)O[C@@]1(C)C3[C@@H]2C. The Hall–Kier alpha value is -3.75. The zero-order chi connectivity index (χ0) is 40.5. The number of aromatic nitrogens is 1. The number of hydrogen-bond acceptors (Lipinski definition) is 12. The van der Waals surface area contributed by atoms with Crippen molar-refractivity contribution < 1.29 is 43.2 Å². The van der Waals surface area contributed by atoms with E-state index in [1.165, 1.54) is 0 Å². The van der Waals surface area contributed by atoms with Crippen molar-refractivity contribution in [2.75, 3.05) is 33.8 Å². The van der Waals surface area contributed by atoms with Gasteiger partial charge < -0.3 is 33.7 Å². The molecule has 0 saturated carbocycles. The van der Waals surface area contributed by atoms with E-state index in [1.807, 2.05) is 96.2 Å². The van der Waals surface area contributed by atoms with E-state index < -0.39 is 72.7 Å². The summed E-state index contributed by atoms with van der Waals surface area (Å²) in [6, 6.07) is 9.29. The molecule has 6 rings (SSSR count). The number of likely N-dealkylation sites (N-methyl/N-ethyl adjacent to an activating group) is 1. The van der Waals surface area contributed by atoms with Crippen molar-refractivity contribution in [2.45, 2.75) is 122 Å². The lowest BCUT2D eigenvalue weighted by Gasteiger charge is -2.45. The van der Waals surface area contributed by atoms with Gasteiger partial charge in [-0.3, -0.25) is 24.5 Å². The Kier molecular flexibility index (Phi) is 13.0. The van der Waals surface area contributed by atoms with Gasteiger partial charge in [0.15, 0.2) is 11.9 Å². The minimum atomic E-state index is -1.19. The first-order valence-electron chi connectivity index (χ1n) is 20.2. The van der Waals surface area contributed by atoms with Crippen LogP contribution in [0.4, 0.5) is 4.79 Å². The molecule has 306 valence electrons. The molecule has 1 aromatic carbocycles.